The fourth-order valence-corrected chi connectivity index (χ4v) is 4.16. The Balaban J connectivity index is 1.38. The number of sulfonamides is 1. The van der Waals surface area contributed by atoms with Gasteiger partial charge in [0.2, 0.25) is 15.9 Å². The molecule has 2 N–H and O–H groups in total. The highest BCUT2D eigenvalue weighted by Crippen LogP contribution is 2.22. The van der Waals surface area contributed by atoms with Gasteiger partial charge in [-0.05, 0) is 61.1 Å². The lowest BCUT2D eigenvalue weighted by atomic mass is 10.1. The molecule has 2 aromatic rings. The lowest BCUT2D eigenvalue weighted by molar-refractivity contribution is -0.121. The summed E-state index contributed by atoms with van der Waals surface area (Å²) in [7, 11) is -3.47. The van der Waals surface area contributed by atoms with Gasteiger partial charge in [0.25, 0.3) is 0 Å². The summed E-state index contributed by atoms with van der Waals surface area (Å²) in [6.07, 6.45) is 3.12. The normalized spacial score (nSPS) is 14.0. The molecule has 0 atom stereocenters. The van der Waals surface area contributed by atoms with Crippen LogP contribution in [0.2, 0.25) is 0 Å². The zero-order chi connectivity index (χ0) is 21.6. The number of rotatable bonds is 11. The van der Waals surface area contributed by atoms with Gasteiger partial charge >= 0.3 is 6.61 Å². The lowest BCUT2D eigenvalue weighted by Gasteiger charge is -2.08. The Morgan fingerprint density at radius 2 is 1.60 bits per heavy atom. The first-order valence-electron chi connectivity index (χ1n) is 9.73. The second-order valence-electron chi connectivity index (χ2n) is 7.16. The number of alkyl halides is 2. The Bertz CT molecular complexity index is 944. The van der Waals surface area contributed by atoms with E-state index in [0.717, 1.165) is 24.0 Å². The maximum absolute atomic E-state index is 12.1. The Kier molecular flexibility index (Phi) is 7.38. The minimum Gasteiger partial charge on any atom is -0.435 e. The van der Waals surface area contributed by atoms with Crippen molar-refractivity contribution in [3.63, 3.8) is 0 Å². The second-order valence-corrected chi connectivity index (χ2v) is 8.88. The summed E-state index contributed by atoms with van der Waals surface area (Å²) in [6, 6.07) is 12.9. The summed E-state index contributed by atoms with van der Waals surface area (Å²) in [4.78, 5) is 12.2. The number of ether oxygens (including phenoxy) is 1. The van der Waals surface area contributed by atoms with E-state index in [1.165, 1.54) is 12.1 Å². The van der Waals surface area contributed by atoms with Crippen LogP contribution in [0, 0.1) is 0 Å². The minimum atomic E-state index is -3.47. The molecule has 162 valence electrons. The van der Waals surface area contributed by atoms with E-state index in [4.69, 9.17) is 0 Å². The second kappa shape index (κ2) is 9.99. The predicted molar refractivity (Wildman–Crippen MR) is 108 cm³/mol. The van der Waals surface area contributed by atoms with E-state index >= 15 is 0 Å². The maximum atomic E-state index is 12.1. The molecular weight excluding hydrogens is 414 g/mol. The molecule has 0 radical (unpaired) electrons. The number of hydrogen-bond acceptors (Lipinski definition) is 4. The van der Waals surface area contributed by atoms with Gasteiger partial charge in [0.05, 0.1) is 4.90 Å². The molecule has 2 aromatic carbocycles. The van der Waals surface area contributed by atoms with Gasteiger partial charge in [-0.2, -0.15) is 8.78 Å². The first-order chi connectivity index (χ1) is 14.3. The quantitative estimate of drug-likeness (QED) is 0.565. The summed E-state index contributed by atoms with van der Waals surface area (Å²) in [6.45, 7) is -2.42. The molecule has 0 saturated heterocycles. The van der Waals surface area contributed by atoms with Crippen molar-refractivity contribution in [3.05, 3.63) is 59.7 Å². The van der Waals surface area contributed by atoms with Crippen LogP contribution in [-0.2, 0) is 27.7 Å². The van der Waals surface area contributed by atoms with Gasteiger partial charge < -0.3 is 10.1 Å². The van der Waals surface area contributed by atoms with E-state index in [-0.39, 0.29) is 29.0 Å². The number of carbonyl (C=O) groups excluding carboxylic acids is 1. The van der Waals surface area contributed by atoms with Crippen molar-refractivity contribution in [2.24, 2.45) is 0 Å². The van der Waals surface area contributed by atoms with E-state index in [2.05, 4.69) is 14.8 Å². The van der Waals surface area contributed by atoms with Crippen molar-refractivity contribution in [3.8, 4) is 5.75 Å². The number of amides is 1. The van der Waals surface area contributed by atoms with E-state index in [1.807, 2.05) is 0 Å². The van der Waals surface area contributed by atoms with Gasteiger partial charge in [0.1, 0.15) is 5.75 Å². The van der Waals surface area contributed by atoms with Crippen LogP contribution < -0.4 is 14.8 Å². The standard InChI is InChI=1S/C21H24F2N2O4S/c22-21(23)29-18-8-1-16(2-9-18)13-14-24-20(26)12-5-15-3-10-19(11-4-15)30(27,28)25-17-6-7-17/h1-4,8-11,17,21,25H,5-7,12-14H2,(H,24,26). The third-order valence-corrected chi connectivity index (χ3v) is 6.19. The molecule has 0 bridgehead atoms. The van der Waals surface area contributed by atoms with Crippen molar-refractivity contribution in [2.45, 2.75) is 49.7 Å². The highest BCUT2D eigenvalue weighted by molar-refractivity contribution is 7.89. The molecule has 0 aliphatic heterocycles. The van der Waals surface area contributed by atoms with Gasteiger partial charge in [-0.25, -0.2) is 13.1 Å². The van der Waals surface area contributed by atoms with Crippen molar-refractivity contribution in [1.29, 1.82) is 0 Å². The smallest absolute Gasteiger partial charge is 0.387 e. The number of aryl methyl sites for hydroxylation is 1. The maximum Gasteiger partial charge on any atom is 0.387 e. The summed E-state index contributed by atoms with van der Waals surface area (Å²) >= 11 is 0. The molecule has 1 amide bonds. The number of halogens is 2. The van der Waals surface area contributed by atoms with E-state index in [9.17, 15) is 22.0 Å². The number of nitrogens with one attached hydrogen (secondary N) is 2. The molecule has 3 rings (SSSR count). The van der Waals surface area contributed by atoms with Gasteiger partial charge in [-0.3, -0.25) is 4.79 Å². The first kappa shape index (κ1) is 22.2. The van der Waals surface area contributed by atoms with Crippen LogP contribution in [0.15, 0.2) is 53.4 Å². The fraction of sp³-hybridized carbons (Fsp3) is 0.381. The summed E-state index contributed by atoms with van der Waals surface area (Å²) in [5, 5.41) is 2.82. The van der Waals surface area contributed by atoms with E-state index in [0.29, 0.717) is 19.4 Å². The molecule has 30 heavy (non-hydrogen) atoms. The molecule has 0 spiro atoms. The van der Waals surface area contributed by atoms with E-state index in [1.54, 1.807) is 36.4 Å². The van der Waals surface area contributed by atoms with Gasteiger partial charge in [-0.1, -0.05) is 24.3 Å². The molecular formula is C21H24F2N2O4S. The third-order valence-electron chi connectivity index (χ3n) is 4.66. The average molecular weight is 438 g/mol. The molecule has 0 aromatic heterocycles. The SMILES string of the molecule is O=C(CCc1ccc(S(=O)(=O)NC2CC2)cc1)NCCc1ccc(OC(F)F)cc1. The predicted octanol–water partition coefficient (Wildman–Crippen LogP) is 3.02. The minimum absolute atomic E-state index is 0.0577. The van der Waals surface area contributed by atoms with Crippen LogP contribution in [0.3, 0.4) is 0 Å². The Morgan fingerprint density at radius 3 is 2.20 bits per heavy atom. The van der Waals surface area contributed by atoms with Gasteiger partial charge in [0, 0.05) is 19.0 Å². The molecule has 1 saturated carbocycles. The Labute approximate surface area is 174 Å². The van der Waals surface area contributed by atoms with Crippen LogP contribution in [0.1, 0.15) is 30.4 Å². The topological polar surface area (TPSA) is 84.5 Å². The van der Waals surface area contributed by atoms with Crippen molar-refractivity contribution < 1.29 is 26.7 Å². The van der Waals surface area contributed by atoms with Crippen LogP contribution >= 0.6 is 0 Å². The summed E-state index contributed by atoms with van der Waals surface area (Å²) in [5.74, 6) is -0.0142. The lowest BCUT2D eigenvalue weighted by Crippen LogP contribution is -2.26. The molecule has 0 unspecified atom stereocenters. The molecule has 6 nitrogen and oxygen atoms in total. The average Bonchev–Trinajstić information content (AvgIpc) is 3.51. The molecule has 1 fully saturated rings. The fourth-order valence-electron chi connectivity index (χ4n) is 2.85. The highest BCUT2D eigenvalue weighted by atomic mass is 32.2. The van der Waals surface area contributed by atoms with Crippen LogP contribution in [0.4, 0.5) is 8.78 Å². The largest absolute Gasteiger partial charge is 0.435 e. The van der Waals surface area contributed by atoms with Crippen molar-refractivity contribution in [2.75, 3.05) is 6.54 Å². The van der Waals surface area contributed by atoms with Crippen LogP contribution in [0.25, 0.3) is 0 Å². The summed E-state index contributed by atoms with van der Waals surface area (Å²) in [5.41, 5.74) is 1.78. The number of hydrogen-bond donors (Lipinski definition) is 2. The van der Waals surface area contributed by atoms with Crippen LogP contribution in [0.5, 0.6) is 5.75 Å². The summed E-state index contributed by atoms with van der Waals surface area (Å²) < 4.78 is 55.5. The van der Waals surface area contributed by atoms with Crippen molar-refractivity contribution >= 4 is 15.9 Å². The molecule has 1 aliphatic rings. The van der Waals surface area contributed by atoms with Crippen LogP contribution in [-0.4, -0.2) is 33.5 Å². The van der Waals surface area contributed by atoms with Crippen molar-refractivity contribution in [1.82, 2.24) is 10.0 Å². The van der Waals surface area contributed by atoms with Gasteiger partial charge in [-0.15, -0.1) is 0 Å². The molecule has 1 aliphatic carbocycles. The monoisotopic (exact) mass is 438 g/mol. The van der Waals surface area contributed by atoms with E-state index < -0.39 is 16.6 Å². The Hall–Kier alpha value is -2.52. The zero-order valence-corrected chi connectivity index (χ0v) is 17.1. The van der Waals surface area contributed by atoms with Gasteiger partial charge in [0.15, 0.2) is 0 Å². The highest BCUT2D eigenvalue weighted by Gasteiger charge is 2.27. The number of carbonyl (C=O) groups is 1. The first-order valence-corrected chi connectivity index (χ1v) is 11.2. The Morgan fingerprint density at radius 1 is 1.00 bits per heavy atom. The number of benzene rings is 2. The zero-order valence-electron chi connectivity index (χ0n) is 16.3. The molecule has 0 heterocycles. The molecule has 9 heteroatoms. The third kappa shape index (κ3) is 7.07.